The van der Waals surface area contributed by atoms with Crippen LogP contribution >= 0.6 is 34.8 Å². The number of para-hydroxylation sites is 1. The van der Waals surface area contributed by atoms with Crippen LogP contribution in [0.25, 0.3) is 22.0 Å². The summed E-state index contributed by atoms with van der Waals surface area (Å²) < 4.78 is 3.04. The molecule has 108 valence electrons. The van der Waals surface area contributed by atoms with Crippen LogP contribution in [-0.2, 0) is 0 Å². The standard InChI is InChI=1S/C16H8Cl3N2O/c17-11-6-12(18)15(13(19)7-11)21-8-10-3-1-2-9-4-5-20(14(9)10)16(21)22/h1-8H/q+1. The van der Waals surface area contributed by atoms with Crippen LogP contribution in [0, 0.1) is 0 Å². The molecule has 4 aromatic rings. The molecule has 4 rings (SSSR count). The van der Waals surface area contributed by atoms with Crippen LogP contribution < -0.4 is 10.3 Å². The fourth-order valence-electron chi connectivity index (χ4n) is 2.72. The molecule has 0 bridgehead atoms. The predicted octanol–water partition coefficient (Wildman–Crippen LogP) is 4.13. The lowest BCUT2D eigenvalue weighted by atomic mass is 10.2. The smallest absolute Gasteiger partial charge is 0.196 e. The first-order valence-electron chi connectivity index (χ1n) is 6.49. The van der Waals surface area contributed by atoms with E-state index < -0.39 is 0 Å². The second-order valence-corrected chi connectivity index (χ2v) is 6.22. The molecule has 22 heavy (non-hydrogen) atoms. The number of rotatable bonds is 1. The lowest BCUT2D eigenvalue weighted by molar-refractivity contribution is -0.614. The molecule has 0 atom stereocenters. The van der Waals surface area contributed by atoms with Gasteiger partial charge in [0.25, 0.3) is 0 Å². The van der Waals surface area contributed by atoms with Gasteiger partial charge in [-0.1, -0.05) is 46.9 Å². The minimum absolute atomic E-state index is 0.236. The molecule has 0 saturated carbocycles. The van der Waals surface area contributed by atoms with Crippen molar-refractivity contribution in [3.8, 4) is 5.69 Å². The van der Waals surface area contributed by atoms with Crippen molar-refractivity contribution < 1.29 is 4.57 Å². The average molecular weight is 351 g/mol. The van der Waals surface area contributed by atoms with E-state index >= 15 is 0 Å². The normalized spacial score (nSPS) is 11.6. The highest BCUT2D eigenvalue weighted by atomic mass is 35.5. The number of hydrogen-bond donors (Lipinski definition) is 0. The van der Waals surface area contributed by atoms with Crippen molar-refractivity contribution in [2.45, 2.75) is 0 Å². The van der Waals surface area contributed by atoms with Gasteiger partial charge < -0.3 is 0 Å². The van der Waals surface area contributed by atoms with Crippen LogP contribution in [-0.4, -0.2) is 4.40 Å². The zero-order valence-corrected chi connectivity index (χ0v) is 13.3. The Labute approximate surface area is 140 Å². The highest BCUT2D eigenvalue weighted by Gasteiger charge is 2.22. The van der Waals surface area contributed by atoms with Gasteiger partial charge in [-0.3, -0.25) is 0 Å². The van der Waals surface area contributed by atoms with Gasteiger partial charge in [-0.2, -0.15) is 13.8 Å². The molecule has 0 fully saturated rings. The van der Waals surface area contributed by atoms with Crippen molar-refractivity contribution in [1.82, 2.24) is 4.40 Å². The monoisotopic (exact) mass is 349 g/mol. The maximum Gasteiger partial charge on any atom is 0.508 e. The van der Waals surface area contributed by atoms with Gasteiger partial charge in [-0.15, -0.1) is 0 Å². The summed E-state index contributed by atoms with van der Waals surface area (Å²) in [5.74, 6) is 0. The summed E-state index contributed by atoms with van der Waals surface area (Å²) in [5.41, 5.74) is 1.07. The minimum Gasteiger partial charge on any atom is -0.196 e. The molecular formula is C16H8Cl3N2O+. The minimum atomic E-state index is -0.236. The summed E-state index contributed by atoms with van der Waals surface area (Å²) >= 11 is 18.4. The molecule has 2 aromatic heterocycles. The third-order valence-corrected chi connectivity index (χ3v) is 4.44. The van der Waals surface area contributed by atoms with Crippen LogP contribution in [0.5, 0.6) is 0 Å². The molecule has 0 saturated heterocycles. The quantitative estimate of drug-likeness (QED) is 0.474. The lowest BCUT2D eigenvalue weighted by Gasteiger charge is -2.06. The van der Waals surface area contributed by atoms with Crippen molar-refractivity contribution in [2.24, 2.45) is 0 Å². The molecule has 0 unspecified atom stereocenters. The van der Waals surface area contributed by atoms with Crippen LogP contribution in [0.2, 0.25) is 15.1 Å². The molecule has 0 N–H and O–H groups in total. The number of hydrogen-bond acceptors (Lipinski definition) is 1. The Morgan fingerprint density at radius 1 is 0.955 bits per heavy atom. The molecule has 0 aliphatic carbocycles. The lowest BCUT2D eigenvalue weighted by Crippen LogP contribution is -2.50. The van der Waals surface area contributed by atoms with Crippen LogP contribution in [0.15, 0.2) is 53.6 Å². The SMILES string of the molecule is O=c1n2ccc3cccc(c[n+]1-c1c(Cl)cc(Cl)cc1Cl)c32. The molecule has 0 aliphatic rings. The number of halogens is 3. The van der Waals surface area contributed by atoms with E-state index in [1.807, 2.05) is 24.3 Å². The van der Waals surface area contributed by atoms with E-state index in [-0.39, 0.29) is 5.69 Å². The van der Waals surface area contributed by atoms with Crippen molar-refractivity contribution in [1.29, 1.82) is 0 Å². The van der Waals surface area contributed by atoms with E-state index in [4.69, 9.17) is 34.8 Å². The zero-order valence-electron chi connectivity index (χ0n) is 11.1. The van der Waals surface area contributed by atoms with Gasteiger partial charge in [0.2, 0.25) is 0 Å². The number of aromatic nitrogens is 2. The summed E-state index contributed by atoms with van der Waals surface area (Å²) in [7, 11) is 0. The first-order valence-corrected chi connectivity index (χ1v) is 7.63. The Bertz CT molecular complexity index is 1060. The van der Waals surface area contributed by atoms with Gasteiger partial charge in [0.15, 0.2) is 11.2 Å². The van der Waals surface area contributed by atoms with Crippen LogP contribution in [0.1, 0.15) is 0 Å². The van der Waals surface area contributed by atoms with Crippen LogP contribution in [0.3, 0.4) is 0 Å². The van der Waals surface area contributed by atoms with E-state index in [1.165, 1.54) is 4.57 Å². The van der Waals surface area contributed by atoms with Crippen molar-refractivity contribution >= 4 is 51.1 Å². The van der Waals surface area contributed by atoms with Crippen LogP contribution in [0.4, 0.5) is 0 Å². The van der Waals surface area contributed by atoms with Gasteiger partial charge in [0, 0.05) is 10.4 Å². The molecular weight excluding hydrogens is 343 g/mol. The maximum atomic E-state index is 12.8. The summed E-state index contributed by atoms with van der Waals surface area (Å²) in [6, 6.07) is 10.9. The topological polar surface area (TPSA) is 25.4 Å². The predicted molar refractivity (Wildman–Crippen MR) is 88.9 cm³/mol. The molecule has 0 aliphatic heterocycles. The van der Waals surface area contributed by atoms with Crippen molar-refractivity contribution in [3.63, 3.8) is 0 Å². The second-order valence-electron chi connectivity index (χ2n) is 4.97. The highest BCUT2D eigenvalue weighted by Crippen LogP contribution is 2.29. The summed E-state index contributed by atoms with van der Waals surface area (Å²) in [4.78, 5) is 12.8. The highest BCUT2D eigenvalue weighted by molar-refractivity contribution is 6.40. The Balaban J connectivity index is 2.17. The van der Waals surface area contributed by atoms with Gasteiger partial charge in [-0.05, 0) is 24.3 Å². The van der Waals surface area contributed by atoms with Gasteiger partial charge in [0.05, 0.1) is 15.4 Å². The molecule has 6 heteroatoms. The molecule has 2 aromatic carbocycles. The van der Waals surface area contributed by atoms with Gasteiger partial charge >= 0.3 is 5.69 Å². The molecule has 3 nitrogen and oxygen atoms in total. The number of nitrogens with zero attached hydrogens (tertiary/aromatic N) is 2. The number of benzene rings is 2. The maximum absolute atomic E-state index is 12.8. The van der Waals surface area contributed by atoms with E-state index in [1.54, 1.807) is 28.9 Å². The Hall–Kier alpha value is -1.81. The second kappa shape index (κ2) is 4.85. The molecule has 0 spiro atoms. The molecule has 0 radical (unpaired) electrons. The summed E-state index contributed by atoms with van der Waals surface area (Å²) in [6.45, 7) is 0. The third kappa shape index (κ3) is 1.90. The van der Waals surface area contributed by atoms with Gasteiger partial charge in [-0.25, -0.2) is 0 Å². The Kier molecular flexibility index (Phi) is 3.05. The van der Waals surface area contributed by atoms with Gasteiger partial charge in [0.1, 0.15) is 12.4 Å². The Morgan fingerprint density at radius 3 is 2.36 bits per heavy atom. The van der Waals surface area contributed by atoms with E-state index in [0.29, 0.717) is 20.8 Å². The summed E-state index contributed by atoms with van der Waals surface area (Å²) in [6.07, 6.45) is 3.49. The molecule has 2 heterocycles. The van der Waals surface area contributed by atoms with E-state index in [9.17, 15) is 4.79 Å². The largest absolute Gasteiger partial charge is 0.508 e. The molecule has 0 amide bonds. The fourth-order valence-corrected chi connectivity index (χ4v) is 3.72. The zero-order chi connectivity index (χ0) is 15.4. The first-order chi connectivity index (χ1) is 10.6. The van der Waals surface area contributed by atoms with E-state index in [2.05, 4.69) is 0 Å². The summed E-state index contributed by atoms with van der Waals surface area (Å²) in [5, 5.41) is 3.00. The first kappa shape index (κ1) is 13.8. The van der Waals surface area contributed by atoms with Crippen molar-refractivity contribution in [3.05, 3.63) is 74.3 Å². The average Bonchev–Trinajstić information content (AvgIpc) is 2.89. The third-order valence-electron chi connectivity index (χ3n) is 3.65. The van der Waals surface area contributed by atoms with E-state index in [0.717, 1.165) is 16.3 Å². The van der Waals surface area contributed by atoms with Crippen molar-refractivity contribution in [2.75, 3.05) is 0 Å². The Morgan fingerprint density at radius 2 is 1.64 bits per heavy atom. The fraction of sp³-hybridized carbons (Fsp3) is 0.